The minimum absolute atomic E-state index is 0.345. The molecular formula is C11H15NO3. The van der Waals surface area contributed by atoms with E-state index in [1.165, 1.54) is 19.3 Å². The maximum Gasteiger partial charge on any atom is 0.344 e. The van der Waals surface area contributed by atoms with Gasteiger partial charge in [0.2, 0.25) is 0 Å². The van der Waals surface area contributed by atoms with Gasteiger partial charge in [0, 0.05) is 0 Å². The summed E-state index contributed by atoms with van der Waals surface area (Å²) in [6.45, 7) is 0. The molecule has 0 unspecified atom stereocenters. The van der Waals surface area contributed by atoms with E-state index in [1.54, 1.807) is 0 Å². The van der Waals surface area contributed by atoms with Crippen molar-refractivity contribution in [3.8, 4) is 0 Å². The van der Waals surface area contributed by atoms with Gasteiger partial charge in [0.1, 0.15) is 0 Å². The highest BCUT2D eigenvalue weighted by Gasteiger charge is 2.55. The molecule has 4 heteroatoms. The van der Waals surface area contributed by atoms with Gasteiger partial charge in [-0.25, -0.2) is 4.79 Å². The van der Waals surface area contributed by atoms with Crippen molar-refractivity contribution in [2.24, 2.45) is 28.5 Å². The van der Waals surface area contributed by atoms with Crippen molar-refractivity contribution in [3.63, 3.8) is 0 Å². The first kappa shape index (κ1) is 9.31. The van der Waals surface area contributed by atoms with Gasteiger partial charge in [0.25, 0.3) is 0 Å². The Morgan fingerprint density at radius 2 is 1.53 bits per heavy atom. The second-order valence-corrected chi connectivity index (χ2v) is 5.65. The first-order chi connectivity index (χ1) is 7.22. The van der Waals surface area contributed by atoms with Gasteiger partial charge >= 0.3 is 5.97 Å². The minimum Gasteiger partial charge on any atom is -0.284 e. The van der Waals surface area contributed by atoms with E-state index in [4.69, 9.17) is 0 Å². The lowest BCUT2D eigenvalue weighted by atomic mass is 9.49. The normalized spacial score (nSPS) is 46.5. The number of carbonyl (C=O) groups excluding carboxylic acids is 1. The minimum atomic E-state index is -0.364. The van der Waals surface area contributed by atoms with Gasteiger partial charge in [-0.05, 0) is 56.3 Å². The largest absolute Gasteiger partial charge is 0.344 e. The first-order valence-electron chi connectivity index (χ1n) is 5.76. The lowest BCUT2D eigenvalue weighted by Gasteiger charge is -2.54. The van der Waals surface area contributed by atoms with Crippen LogP contribution < -0.4 is 0 Å². The number of nitrogens with zero attached hydrogens (tertiary/aromatic N) is 1. The number of rotatable bonds is 2. The van der Waals surface area contributed by atoms with Gasteiger partial charge in [-0.1, -0.05) is 0 Å². The van der Waals surface area contributed by atoms with E-state index in [0.29, 0.717) is 17.8 Å². The second-order valence-electron chi connectivity index (χ2n) is 5.65. The molecule has 4 fully saturated rings. The summed E-state index contributed by atoms with van der Waals surface area (Å²) in [7, 11) is 0. The highest BCUT2D eigenvalue weighted by atomic mass is 16.7. The topological polar surface area (TPSA) is 55.7 Å². The third-order valence-corrected chi connectivity index (χ3v) is 4.59. The maximum absolute atomic E-state index is 11.8. The van der Waals surface area contributed by atoms with Crippen LogP contribution in [0.3, 0.4) is 0 Å². The molecule has 4 aliphatic rings. The molecule has 0 aromatic heterocycles. The standard InChI is InChI=1S/C11H15NO3/c13-10(15-12-14)11-4-7-1-8(5-11)3-9(2-7)6-11/h7-9H,1-6H2. The highest BCUT2D eigenvalue weighted by molar-refractivity contribution is 5.77. The fraction of sp³-hybridized carbons (Fsp3) is 0.909. The summed E-state index contributed by atoms with van der Waals surface area (Å²) in [5, 5.41) is 2.29. The maximum atomic E-state index is 11.8. The third-order valence-electron chi connectivity index (χ3n) is 4.59. The van der Waals surface area contributed by atoms with E-state index in [0.717, 1.165) is 19.3 Å². The molecule has 0 atom stereocenters. The van der Waals surface area contributed by atoms with Gasteiger partial charge in [0.15, 0.2) is 5.34 Å². The molecule has 0 spiro atoms. The smallest absolute Gasteiger partial charge is 0.284 e. The van der Waals surface area contributed by atoms with Crippen LogP contribution in [0.5, 0.6) is 0 Å². The quantitative estimate of drug-likeness (QED) is 0.518. The van der Waals surface area contributed by atoms with Crippen LogP contribution >= 0.6 is 0 Å². The molecule has 82 valence electrons. The fourth-order valence-corrected chi connectivity index (χ4v) is 4.49. The van der Waals surface area contributed by atoms with Crippen molar-refractivity contribution in [1.29, 1.82) is 0 Å². The van der Waals surface area contributed by atoms with Crippen molar-refractivity contribution < 1.29 is 9.63 Å². The third kappa shape index (κ3) is 1.30. The second kappa shape index (κ2) is 3.03. The molecule has 0 radical (unpaired) electrons. The Morgan fingerprint density at radius 3 is 1.93 bits per heavy atom. The summed E-state index contributed by atoms with van der Waals surface area (Å²) in [6.07, 6.45) is 6.61. The van der Waals surface area contributed by atoms with Crippen LogP contribution in [0.1, 0.15) is 38.5 Å². The van der Waals surface area contributed by atoms with E-state index in [9.17, 15) is 9.70 Å². The van der Waals surface area contributed by atoms with Crippen LogP contribution in [-0.4, -0.2) is 5.97 Å². The highest BCUT2D eigenvalue weighted by Crippen LogP contribution is 2.60. The zero-order chi connectivity index (χ0) is 10.5. The Morgan fingerprint density at radius 1 is 1.07 bits per heavy atom. The molecule has 15 heavy (non-hydrogen) atoms. The lowest BCUT2D eigenvalue weighted by molar-refractivity contribution is -0.171. The molecule has 0 amide bonds. The van der Waals surface area contributed by atoms with Crippen LogP contribution in [-0.2, 0) is 9.63 Å². The van der Waals surface area contributed by atoms with Crippen molar-refractivity contribution in [2.75, 3.05) is 0 Å². The van der Waals surface area contributed by atoms with E-state index >= 15 is 0 Å². The van der Waals surface area contributed by atoms with Crippen LogP contribution in [0.4, 0.5) is 0 Å². The predicted molar refractivity (Wildman–Crippen MR) is 52.5 cm³/mol. The zero-order valence-corrected chi connectivity index (χ0v) is 8.65. The SMILES string of the molecule is O=NOC(=O)C12CC3CC(CC(C3)C1)C2. The van der Waals surface area contributed by atoms with E-state index in [2.05, 4.69) is 10.2 Å². The molecule has 4 aliphatic carbocycles. The number of hydrogen-bond acceptors (Lipinski definition) is 4. The molecule has 0 aliphatic heterocycles. The van der Waals surface area contributed by atoms with Gasteiger partial charge in [-0.15, -0.1) is 4.91 Å². The average Bonchev–Trinajstić information content (AvgIpc) is 2.15. The van der Waals surface area contributed by atoms with Crippen molar-refractivity contribution in [1.82, 2.24) is 0 Å². The molecule has 4 nitrogen and oxygen atoms in total. The number of hydrogen-bond donors (Lipinski definition) is 0. The van der Waals surface area contributed by atoms with Crippen LogP contribution in [0.2, 0.25) is 0 Å². The van der Waals surface area contributed by atoms with Crippen molar-refractivity contribution in [3.05, 3.63) is 4.91 Å². The molecule has 4 saturated carbocycles. The van der Waals surface area contributed by atoms with Crippen LogP contribution in [0.15, 0.2) is 5.34 Å². The van der Waals surface area contributed by atoms with Crippen LogP contribution in [0, 0.1) is 28.1 Å². The van der Waals surface area contributed by atoms with Crippen LogP contribution in [0.25, 0.3) is 0 Å². The molecule has 0 heterocycles. The number of carbonyl (C=O) groups is 1. The summed E-state index contributed by atoms with van der Waals surface area (Å²) < 4.78 is 0. The molecule has 0 aromatic rings. The zero-order valence-electron chi connectivity index (χ0n) is 8.65. The molecular weight excluding hydrogens is 194 g/mol. The van der Waals surface area contributed by atoms with E-state index in [1.807, 2.05) is 0 Å². The van der Waals surface area contributed by atoms with E-state index in [-0.39, 0.29) is 11.4 Å². The summed E-state index contributed by atoms with van der Waals surface area (Å²) in [4.78, 5) is 26.2. The molecule has 0 N–H and O–H groups in total. The van der Waals surface area contributed by atoms with Gasteiger partial charge in [-0.3, -0.25) is 4.84 Å². The molecule has 4 bridgehead atoms. The molecule has 0 saturated heterocycles. The Hall–Kier alpha value is -0.930. The Kier molecular flexibility index (Phi) is 1.88. The lowest BCUT2D eigenvalue weighted by Crippen LogP contribution is -2.50. The molecule has 4 rings (SSSR count). The van der Waals surface area contributed by atoms with Gasteiger partial charge in [-0.2, -0.15) is 0 Å². The first-order valence-corrected chi connectivity index (χ1v) is 5.76. The Balaban J connectivity index is 1.86. The van der Waals surface area contributed by atoms with E-state index < -0.39 is 0 Å². The Bertz CT molecular complexity index is 278. The molecule has 0 aromatic carbocycles. The monoisotopic (exact) mass is 209 g/mol. The predicted octanol–water partition coefficient (Wildman–Crippen LogP) is 2.43. The summed E-state index contributed by atoms with van der Waals surface area (Å²) in [5.41, 5.74) is -0.345. The summed E-state index contributed by atoms with van der Waals surface area (Å²) in [5.74, 6) is 1.71. The Labute approximate surface area is 88.3 Å². The fourth-order valence-electron chi connectivity index (χ4n) is 4.49. The van der Waals surface area contributed by atoms with Crippen molar-refractivity contribution >= 4 is 5.97 Å². The summed E-state index contributed by atoms with van der Waals surface area (Å²) >= 11 is 0. The van der Waals surface area contributed by atoms with Crippen molar-refractivity contribution in [2.45, 2.75) is 38.5 Å². The average molecular weight is 209 g/mol. The summed E-state index contributed by atoms with van der Waals surface area (Å²) in [6, 6.07) is 0. The van der Waals surface area contributed by atoms with Gasteiger partial charge < -0.3 is 0 Å². The van der Waals surface area contributed by atoms with Gasteiger partial charge in [0.05, 0.1) is 5.41 Å².